The van der Waals surface area contributed by atoms with Crippen molar-refractivity contribution in [2.24, 2.45) is 5.92 Å². The van der Waals surface area contributed by atoms with Crippen molar-refractivity contribution >= 4 is 18.0 Å². The van der Waals surface area contributed by atoms with E-state index in [1.54, 1.807) is 13.2 Å². The zero-order valence-corrected chi connectivity index (χ0v) is 14.7. The lowest BCUT2D eigenvalue weighted by atomic mass is 9.86. The fourth-order valence-electron chi connectivity index (χ4n) is 3.00. The van der Waals surface area contributed by atoms with E-state index in [-0.39, 0.29) is 24.5 Å². The minimum atomic E-state index is -0.749. The van der Waals surface area contributed by atoms with Crippen molar-refractivity contribution < 1.29 is 24.2 Å². The van der Waals surface area contributed by atoms with Gasteiger partial charge < -0.3 is 19.9 Å². The zero-order chi connectivity index (χ0) is 18.2. The predicted molar refractivity (Wildman–Crippen MR) is 94.7 cm³/mol. The molecule has 0 atom stereocenters. The van der Waals surface area contributed by atoms with Crippen LogP contribution < -0.4 is 14.8 Å². The lowest BCUT2D eigenvalue weighted by Crippen LogP contribution is -2.40. The summed E-state index contributed by atoms with van der Waals surface area (Å²) in [6.07, 6.45) is 6.45. The number of carbonyl (C=O) groups is 2. The largest absolute Gasteiger partial charge is 0.493 e. The Morgan fingerprint density at radius 1 is 1.24 bits per heavy atom. The van der Waals surface area contributed by atoms with Crippen molar-refractivity contribution in [3.63, 3.8) is 0 Å². The van der Waals surface area contributed by atoms with Crippen LogP contribution in [0.15, 0.2) is 24.3 Å². The maximum Gasteiger partial charge on any atom is 0.306 e. The van der Waals surface area contributed by atoms with E-state index >= 15 is 0 Å². The van der Waals surface area contributed by atoms with Crippen LogP contribution in [0.1, 0.15) is 38.2 Å². The van der Waals surface area contributed by atoms with Crippen LogP contribution in [0.25, 0.3) is 6.08 Å². The third-order valence-corrected chi connectivity index (χ3v) is 4.35. The number of hydrogen-bond donors (Lipinski definition) is 2. The second kappa shape index (κ2) is 9.11. The summed E-state index contributed by atoms with van der Waals surface area (Å²) < 4.78 is 10.9. The van der Waals surface area contributed by atoms with Gasteiger partial charge in [0.1, 0.15) is 0 Å². The molecule has 6 nitrogen and oxygen atoms in total. The zero-order valence-electron chi connectivity index (χ0n) is 14.7. The van der Waals surface area contributed by atoms with Crippen LogP contribution in [0.3, 0.4) is 0 Å². The Morgan fingerprint density at radius 2 is 1.96 bits per heavy atom. The summed E-state index contributed by atoms with van der Waals surface area (Å²) in [6, 6.07) is 5.54. The number of rotatable bonds is 7. The van der Waals surface area contributed by atoms with E-state index in [1.807, 2.05) is 31.2 Å². The van der Waals surface area contributed by atoms with Crippen LogP contribution in [-0.4, -0.2) is 36.7 Å². The molecule has 1 amide bonds. The first-order chi connectivity index (χ1) is 12.0. The third kappa shape index (κ3) is 5.52. The van der Waals surface area contributed by atoms with Gasteiger partial charge in [0, 0.05) is 6.04 Å². The fourth-order valence-corrected chi connectivity index (χ4v) is 3.00. The summed E-state index contributed by atoms with van der Waals surface area (Å²) in [5, 5.41) is 11.9. The molecule has 0 spiro atoms. The van der Waals surface area contributed by atoms with Crippen molar-refractivity contribution in [3.05, 3.63) is 29.8 Å². The van der Waals surface area contributed by atoms with E-state index in [9.17, 15) is 9.59 Å². The maximum absolute atomic E-state index is 12.1. The van der Waals surface area contributed by atoms with E-state index in [0.717, 1.165) is 5.56 Å². The number of carboxylic acid groups (broad SMARTS) is 1. The van der Waals surface area contributed by atoms with Gasteiger partial charge in [-0.25, -0.2) is 0 Å². The van der Waals surface area contributed by atoms with Gasteiger partial charge in [-0.15, -0.1) is 0 Å². The molecule has 1 aromatic rings. The molecule has 25 heavy (non-hydrogen) atoms. The van der Waals surface area contributed by atoms with Crippen LogP contribution in [0.2, 0.25) is 0 Å². The number of nitrogens with one attached hydrogen (secondary N) is 1. The number of aliphatic carboxylic acids is 1. The predicted octanol–water partition coefficient (Wildman–Crippen LogP) is 2.87. The molecule has 2 N–H and O–H groups in total. The lowest BCUT2D eigenvalue weighted by Gasteiger charge is -2.26. The molecule has 1 aromatic carbocycles. The van der Waals surface area contributed by atoms with Crippen molar-refractivity contribution in [1.29, 1.82) is 0 Å². The van der Waals surface area contributed by atoms with Gasteiger partial charge in [0.25, 0.3) is 5.91 Å². The molecule has 1 aliphatic rings. The van der Waals surface area contributed by atoms with Crippen molar-refractivity contribution in [2.45, 2.75) is 38.6 Å². The molecule has 0 heterocycles. The Kier molecular flexibility index (Phi) is 6.86. The Morgan fingerprint density at radius 3 is 2.56 bits per heavy atom. The molecule has 0 saturated heterocycles. The summed E-state index contributed by atoms with van der Waals surface area (Å²) >= 11 is 0. The number of allylic oxidation sites excluding steroid dienone is 1. The average Bonchev–Trinajstić information content (AvgIpc) is 2.61. The number of amides is 1. The van der Waals surface area contributed by atoms with Crippen molar-refractivity contribution in [1.82, 2.24) is 5.32 Å². The van der Waals surface area contributed by atoms with Gasteiger partial charge in [0.2, 0.25) is 0 Å². The highest BCUT2D eigenvalue weighted by molar-refractivity contribution is 5.78. The SMILES string of the molecule is C/C=C/c1ccc(OCC(=O)NC2CCC(C(=O)O)CC2)c(OC)c1. The molecule has 2 rings (SSSR count). The Bertz CT molecular complexity index is 633. The van der Waals surface area contributed by atoms with Crippen LogP contribution in [0.4, 0.5) is 0 Å². The second-order valence-corrected chi connectivity index (χ2v) is 6.15. The summed E-state index contributed by atoms with van der Waals surface area (Å²) in [7, 11) is 1.56. The highest BCUT2D eigenvalue weighted by Gasteiger charge is 2.26. The number of benzene rings is 1. The number of hydrogen-bond acceptors (Lipinski definition) is 4. The molecule has 0 aliphatic heterocycles. The summed E-state index contributed by atoms with van der Waals surface area (Å²) in [4.78, 5) is 23.0. The number of carboxylic acids is 1. The summed E-state index contributed by atoms with van der Waals surface area (Å²) in [6.45, 7) is 1.84. The number of methoxy groups -OCH3 is 1. The molecule has 0 unspecified atom stereocenters. The molecule has 6 heteroatoms. The van der Waals surface area contributed by atoms with Crippen molar-refractivity contribution in [3.8, 4) is 11.5 Å². The molecular formula is C19H25NO5. The van der Waals surface area contributed by atoms with Crippen LogP contribution in [0.5, 0.6) is 11.5 Å². The maximum atomic E-state index is 12.1. The molecule has 0 bridgehead atoms. The molecule has 0 radical (unpaired) electrons. The van der Waals surface area contributed by atoms with Crippen LogP contribution in [0, 0.1) is 5.92 Å². The van der Waals surface area contributed by atoms with Gasteiger partial charge in [0.05, 0.1) is 13.0 Å². The highest BCUT2D eigenvalue weighted by atomic mass is 16.5. The van der Waals surface area contributed by atoms with Gasteiger partial charge in [-0.1, -0.05) is 18.2 Å². The standard InChI is InChI=1S/C19H25NO5/c1-3-4-13-5-10-16(17(11-13)24-2)25-12-18(21)20-15-8-6-14(7-9-15)19(22)23/h3-5,10-11,14-15H,6-9,12H2,1-2H3,(H,20,21)(H,22,23)/b4-3+. The van der Waals surface area contributed by atoms with E-state index < -0.39 is 5.97 Å². The molecule has 1 aliphatic carbocycles. The van der Waals surface area contributed by atoms with Crippen molar-refractivity contribution in [2.75, 3.05) is 13.7 Å². The van der Waals surface area contributed by atoms with E-state index in [4.69, 9.17) is 14.6 Å². The Balaban J connectivity index is 1.83. The normalized spacial score (nSPS) is 20.2. The minimum absolute atomic E-state index is 0.0191. The Hall–Kier alpha value is -2.50. The molecule has 0 aromatic heterocycles. The van der Waals surface area contributed by atoms with Gasteiger partial charge >= 0.3 is 5.97 Å². The third-order valence-electron chi connectivity index (χ3n) is 4.35. The molecular weight excluding hydrogens is 322 g/mol. The minimum Gasteiger partial charge on any atom is -0.493 e. The lowest BCUT2D eigenvalue weighted by molar-refractivity contribution is -0.142. The van der Waals surface area contributed by atoms with Gasteiger partial charge in [-0.2, -0.15) is 0 Å². The van der Waals surface area contributed by atoms with E-state index in [1.165, 1.54) is 0 Å². The summed E-state index contributed by atoms with van der Waals surface area (Å²) in [5.74, 6) is -0.157. The molecule has 136 valence electrons. The number of carbonyl (C=O) groups excluding carboxylic acids is 1. The number of ether oxygens (including phenoxy) is 2. The van der Waals surface area contributed by atoms with E-state index in [2.05, 4.69) is 5.32 Å². The second-order valence-electron chi connectivity index (χ2n) is 6.15. The fraction of sp³-hybridized carbons (Fsp3) is 0.474. The highest BCUT2D eigenvalue weighted by Crippen LogP contribution is 2.28. The van der Waals surface area contributed by atoms with E-state index in [0.29, 0.717) is 37.2 Å². The molecule has 1 fully saturated rings. The molecule has 1 saturated carbocycles. The summed E-state index contributed by atoms with van der Waals surface area (Å²) in [5.41, 5.74) is 0.992. The quantitative estimate of drug-likeness (QED) is 0.792. The van der Waals surface area contributed by atoms with Gasteiger partial charge in [-0.3, -0.25) is 9.59 Å². The van der Waals surface area contributed by atoms with Gasteiger partial charge in [-0.05, 0) is 50.3 Å². The first-order valence-corrected chi connectivity index (χ1v) is 8.49. The van der Waals surface area contributed by atoms with Gasteiger partial charge in [0.15, 0.2) is 18.1 Å². The van der Waals surface area contributed by atoms with Crippen LogP contribution in [-0.2, 0) is 9.59 Å². The topological polar surface area (TPSA) is 84.9 Å². The first kappa shape index (κ1) is 18.8. The van der Waals surface area contributed by atoms with Crippen LogP contribution >= 0.6 is 0 Å². The Labute approximate surface area is 147 Å². The first-order valence-electron chi connectivity index (χ1n) is 8.49. The smallest absolute Gasteiger partial charge is 0.306 e. The average molecular weight is 347 g/mol. The monoisotopic (exact) mass is 347 g/mol.